The van der Waals surface area contributed by atoms with Gasteiger partial charge in [0.05, 0.1) is 22.9 Å². The summed E-state index contributed by atoms with van der Waals surface area (Å²) in [7, 11) is -3.26. The lowest BCUT2D eigenvalue weighted by atomic mass is 10.0. The minimum atomic E-state index is -4.69. The first kappa shape index (κ1) is 18.3. The fourth-order valence-electron chi connectivity index (χ4n) is 2.42. The number of fused-ring (bicyclic) bond motifs is 1. The number of aliphatic hydroxyl groups is 1. The van der Waals surface area contributed by atoms with E-state index >= 15 is 0 Å². The monoisotopic (exact) mass is 361 g/mol. The Kier molecular flexibility index (Phi) is 4.41. The maximum Gasteiger partial charge on any atom is 0.417 e. The van der Waals surface area contributed by atoms with Crippen LogP contribution in [0.3, 0.4) is 0 Å². The Labute approximate surface area is 136 Å². The number of nitriles is 1. The Bertz CT molecular complexity index is 922. The minimum Gasteiger partial charge on any atom is -0.383 e. The second kappa shape index (κ2) is 5.79. The largest absolute Gasteiger partial charge is 0.417 e. The van der Waals surface area contributed by atoms with Gasteiger partial charge in [-0.15, -0.1) is 0 Å². The highest BCUT2D eigenvalue weighted by atomic mass is 32.2. The first-order valence-electron chi connectivity index (χ1n) is 6.98. The smallest absolute Gasteiger partial charge is 0.383 e. The normalized spacial score (nSPS) is 17.2. The molecule has 9 heteroatoms. The van der Waals surface area contributed by atoms with Crippen molar-refractivity contribution in [3.8, 4) is 6.07 Å². The van der Waals surface area contributed by atoms with Gasteiger partial charge in [0.1, 0.15) is 11.4 Å². The highest BCUT2D eigenvalue weighted by Crippen LogP contribution is 2.35. The molecule has 3 N–H and O–H groups in total. The third-order valence-corrected chi connectivity index (χ3v) is 5.64. The standard InChI is InChI=1S/C15H15F3N2O3S/c1-3-24(22,23)8-14(2,21)13-5-9-4-10(7-19)11(15(16,17)18)6-12(9)20-13/h4-6,20-21H,3,8H2,1-2H3/p+1. The van der Waals surface area contributed by atoms with Crippen molar-refractivity contribution in [2.75, 3.05) is 11.5 Å². The summed E-state index contributed by atoms with van der Waals surface area (Å²) in [6, 6.07) is 4.75. The number of aromatic nitrogens is 1. The quantitative estimate of drug-likeness (QED) is 0.819. The molecule has 0 amide bonds. The van der Waals surface area contributed by atoms with Crippen molar-refractivity contribution in [3.63, 3.8) is 0 Å². The van der Waals surface area contributed by atoms with E-state index in [0.717, 1.165) is 12.1 Å². The number of aromatic amines is 1. The summed E-state index contributed by atoms with van der Waals surface area (Å²) in [5, 5.41) is 19.7. The fourth-order valence-corrected chi connectivity index (χ4v) is 3.65. The molecule has 5 nitrogen and oxygen atoms in total. The van der Waals surface area contributed by atoms with E-state index in [0.29, 0.717) is 5.39 Å². The first-order valence-corrected chi connectivity index (χ1v) is 8.84. The Morgan fingerprint density at radius 1 is 1.38 bits per heavy atom. The lowest BCUT2D eigenvalue weighted by Gasteiger charge is -2.19. The van der Waals surface area contributed by atoms with Crippen LogP contribution in [0.15, 0.2) is 18.2 Å². The molecule has 0 spiro atoms. The molecule has 1 aromatic carbocycles. The van der Waals surface area contributed by atoms with Gasteiger partial charge in [0.15, 0.2) is 0 Å². The van der Waals surface area contributed by atoms with Crippen LogP contribution in [0.25, 0.3) is 10.9 Å². The summed E-state index contributed by atoms with van der Waals surface area (Å²) in [5.41, 5.74) is -3.15. The number of nitrogens with zero attached hydrogens (tertiary/aromatic N) is 1. The third-order valence-electron chi connectivity index (χ3n) is 3.72. The van der Waals surface area contributed by atoms with Crippen LogP contribution in [0, 0.1) is 11.3 Å². The maximum absolute atomic E-state index is 13.0. The van der Waals surface area contributed by atoms with Gasteiger partial charge >= 0.3 is 6.18 Å². The fraction of sp³-hybridized carbons (Fsp3) is 0.400. The summed E-state index contributed by atoms with van der Waals surface area (Å²) >= 11 is 0. The molecule has 1 heterocycles. The van der Waals surface area contributed by atoms with Gasteiger partial charge in [0.25, 0.3) is 9.84 Å². The molecule has 2 aromatic rings. The van der Waals surface area contributed by atoms with E-state index in [1.54, 1.807) is 0 Å². The van der Waals surface area contributed by atoms with Crippen molar-refractivity contribution in [2.45, 2.75) is 25.6 Å². The second-order valence-corrected chi connectivity index (χ2v) is 8.17. The van der Waals surface area contributed by atoms with Gasteiger partial charge in [0.2, 0.25) is 0 Å². The molecular weight excluding hydrogens is 345 g/mol. The lowest BCUT2D eigenvalue weighted by molar-refractivity contribution is -0.137. The highest BCUT2D eigenvalue weighted by molar-refractivity contribution is 7.91. The lowest BCUT2D eigenvalue weighted by Crippen LogP contribution is -2.32. The summed E-state index contributed by atoms with van der Waals surface area (Å²) < 4.78 is 60.5. The Hall–Kier alpha value is -2.05. The van der Waals surface area contributed by atoms with Crippen LogP contribution in [-0.2, 0) is 21.6 Å². The molecule has 1 aromatic heterocycles. The van der Waals surface area contributed by atoms with Crippen LogP contribution < -0.4 is 0 Å². The second-order valence-electron chi connectivity index (χ2n) is 5.76. The molecule has 2 unspecified atom stereocenters. The van der Waals surface area contributed by atoms with E-state index in [1.165, 1.54) is 26.0 Å². The molecule has 0 aliphatic carbocycles. The van der Waals surface area contributed by atoms with Crippen LogP contribution in [0.2, 0.25) is 0 Å². The SMILES string of the molecule is CCS(=O)(=[OH+])CC(C)(O)c1cc2cc(C#N)c(C(F)(F)F)cc2[nH]1. The van der Waals surface area contributed by atoms with Gasteiger partial charge < -0.3 is 10.1 Å². The van der Waals surface area contributed by atoms with Crippen molar-refractivity contribution >= 4 is 20.7 Å². The number of benzene rings is 1. The van der Waals surface area contributed by atoms with Crippen molar-refractivity contribution in [2.24, 2.45) is 0 Å². The first-order chi connectivity index (χ1) is 10.9. The maximum atomic E-state index is 13.0. The van der Waals surface area contributed by atoms with E-state index < -0.39 is 38.5 Å². The topological polar surface area (TPSA) is 98.3 Å². The number of nitrogens with one attached hydrogen (secondary N) is 1. The van der Waals surface area contributed by atoms with Crippen molar-refractivity contribution in [1.29, 1.82) is 5.26 Å². The number of hydrogen-bond donors (Lipinski definition) is 2. The number of hydrogen-bond acceptors (Lipinski definition) is 3. The molecular formula is C15H16F3N2O3S+. The van der Waals surface area contributed by atoms with Crippen molar-refractivity contribution in [1.82, 2.24) is 4.98 Å². The Balaban J connectivity index is 2.58. The van der Waals surface area contributed by atoms with Gasteiger partial charge in [-0.1, -0.05) is 0 Å². The molecule has 24 heavy (non-hydrogen) atoms. The van der Waals surface area contributed by atoms with Crippen LogP contribution >= 0.6 is 0 Å². The van der Waals surface area contributed by atoms with Crippen LogP contribution in [0.5, 0.6) is 0 Å². The zero-order valence-electron chi connectivity index (χ0n) is 12.9. The van der Waals surface area contributed by atoms with Crippen LogP contribution in [0.1, 0.15) is 30.7 Å². The molecule has 0 fully saturated rings. The number of H-pyrrole nitrogens is 1. The highest BCUT2D eigenvalue weighted by Gasteiger charge is 2.36. The Morgan fingerprint density at radius 2 is 2.00 bits per heavy atom. The van der Waals surface area contributed by atoms with Crippen LogP contribution in [-0.4, -0.2) is 30.0 Å². The molecule has 0 saturated heterocycles. The molecule has 0 bridgehead atoms. The molecule has 2 atom stereocenters. The average molecular weight is 361 g/mol. The summed E-state index contributed by atoms with van der Waals surface area (Å²) in [4.78, 5) is 2.65. The van der Waals surface area contributed by atoms with Crippen LogP contribution in [0.4, 0.5) is 13.2 Å². The number of alkyl halides is 3. The van der Waals surface area contributed by atoms with Gasteiger partial charge in [0, 0.05) is 16.6 Å². The van der Waals surface area contributed by atoms with Crippen molar-refractivity contribution in [3.05, 3.63) is 35.0 Å². The van der Waals surface area contributed by atoms with Gasteiger partial charge in [-0.25, -0.2) is 4.21 Å². The predicted molar refractivity (Wildman–Crippen MR) is 83.1 cm³/mol. The summed E-state index contributed by atoms with van der Waals surface area (Å²) in [5.74, 6) is -0.513. The van der Waals surface area contributed by atoms with E-state index in [1.807, 2.05) is 0 Å². The summed E-state index contributed by atoms with van der Waals surface area (Å²) in [6.07, 6.45) is -4.69. The predicted octanol–water partition coefficient (Wildman–Crippen LogP) is 2.86. The summed E-state index contributed by atoms with van der Waals surface area (Å²) in [6.45, 7) is 2.80. The molecule has 0 aliphatic heterocycles. The Morgan fingerprint density at radius 3 is 2.50 bits per heavy atom. The zero-order valence-corrected chi connectivity index (χ0v) is 13.8. The molecule has 130 valence electrons. The third kappa shape index (κ3) is 3.55. The van der Waals surface area contributed by atoms with Crippen molar-refractivity contribution < 1.29 is 26.7 Å². The van der Waals surface area contributed by atoms with E-state index in [4.69, 9.17) is 5.26 Å². The average Bonchev–Trinajstić information content (AvgIpc) is 2.87. The zero-order chi connectivity index (χ0) is 18.3. The number of rotatable bonds is 4. The molecule has 0 saturated carbocycles. The number of halogens is 3. The van der Waals surface area contributed by atoms with Gasteiger partial charge in [-0.05, 0) is 32.0 Å². The van der Waals surface area contributed by atoms with Gasteiger partial charge in [-0.2, -0.15) is 22.6 Å². The van der Waals surface area contributed by atoms with E-state index in [9.17, 15) is 26.7 Å². The molecule has 0 radical (unpaired) electrons. The molecule has 0 aliphatic rings. The van der Waals surface area contributed by atoms with E-state index in [-0.39, 0.29) is 17.0 Å². The van der Waals surface area contributed by atoms with Gasteiger partial charge in [-0.3, -0.25) is 0 Å². The molecule has 2 rings (SSSR count). The van der Waals surface area contributed by atoms with E-state index in [2.05, 4.69) is 4.98 Å². The minimum absolute atomic E-state index is 0.0554.